The maximum atomic E-state index is 13.4. The molecule has 0 radical (unpaired) electrons. The predicted molar refractivity (Wildman–Crippen MR) is 295 cm³/mol. The van der Waals surface area contributed by atoms with Crippen LogP contribution in [0.1, 0.15) is 63.8 Å². The van der Waals surface area contributed by atoms with Gasteiger partial charge in [0.1, 0.15) is 34.8 Å². The van der Waals surface area contributed by atoms with E-state index in [0.717, 1.165) is 48.8 Å². The Morgan fingerprint density at radius 1 is 0.548 bits per heavy atom. The van der Waals surface area contributed by atoms with Gasteiger partial charge in [-0.2, -0.15) is 0 Å². The molecule has 0 unspecified atom stereocenters. The maximum Gasteiger partial charge on any atom is 0.410 e. The highest BCUT2D eigenvalue weighted by Gasteiger charge is 2.32. The number of ether oxygens (including phenoxy) is 4. The molecule has 13 nitrogen and oxygen atoms in total. The third-order valence-electron chi connectivity index (χ3n) is 10.5. The SMILES string of the molecule is CN(C(=O)OC(C)(C)C)[C@@H](Cc1ccccc1)C(=O)O.COc1cc(N)ccc1SCc1ccccc1.COc1cc(NC(=O)[C@H](Cc2ccccc2)N(C)C(=O)OC(C)(C)C)ccc1SCc1ccccc1. The number of carbonyl (C=O) groups excluding carboxylic acids is 3. The average Bonchev–Trinajstić information content (AvgIpc) is 3.36. The fraction of sp³-hybridized carbons (Fsp3) is 0.310. The molecule has 3 amide bonds. The number of hydrogen-bond acceptors (Lipinski definition) is 11. The van der Waals surface area contributed by atoms with E-state index in [0.29, 0.717) is 17.9 Å². The number of rotatable bonds is 17. The Morgan fingerprint density at radius 3 is 1.32 bits per heavy atom. The van der Waals surface area contributed by atoms with Crippen molar-refractivity contribution in [3.05, 3.63) is 180 Å². The highest BCUT2D eigenvalue weighted by molar-refractivity contribution is 7.98. The number of hydrogen-bond donors (Lipinski definition) is 3. The van der Waals surface area contributed by atoms with Crippen LogP contribution in [-0.4, -0.2) is 90.6 Å². The molecule has 15 heteroatoms. The average molecular weight is 1030 g/mol. The van der Waals surface area contributed by atoms with Gasteiger partial charge in [-0.15, -0.1) is 23.5 Å². The summed E-state index contributed by atoms with van der Waals surface area (Å²) in [5.74, 6) is 1.89. The first kappa shape index (κ1) is 58.5. The first-order chi connectivity index (χ1) is 34.7. The van der Waals surface area contributed by atoms with Crippen molar-refractivity contribution in [1.29, 1.82) is 0 Å². The van der Waals surface area contributed by atoms with Gasteiger partial charge in [0.05, 0.1) is 14.2 Å². The molecule has 73 heavy (non-hydrogen) atoms. The molecule has 388 valence electrons. The third kappa shape index (κ3) is 20.9. The molecule has 0 spiro atoms. The van der Waals surface area contributed by atoms with E-state index in [1.165, 1.54) is 23.1 Å². The zero-order valence-electron chi connectivity index (χ0n) is 43.5. The lowest BCUT2D eigenvalue weighted by Gasteiger charge is -2.30. The number of nitrogens with zero attached hydrogens (tertiary/aromatic N) is 2. The van der Waals surface area contributed by atoms with Crippen LogP contribution in [0.3, 0.4) is 0 Å². The number of nitrogens with two attached hydrogens (primary N) is 1. The molecule has 0 heterocycles. The van der Waals surface area contributed by atoms with Gasteiger partial charge < -0.3 is 35.1 Å². The Labute approximate surface area is 439 Å². The number of thioether (sulfide) groups is 2. The summed E-state index contributed by atoms with van der Waals surface area (Å²) in [6.45, 7) is 10.6. The second-order valence-corrected chi connectivity index (χ2v) is 20.8. The molecule has 0 bridgehead atoms. The third-order valence-corrected chi connectivity index (χ3v) is 12.8. The van der Waals surface area contributed by atoms with Gasteiger partial charge in [0.25, 0.3) is 0 Å². The number of amides is 3. The topological polar surface area (TPSA) is 170 Å². The molecule has 4 N–H and O–H groups in total. The smallest absolute Gasteiger partial charge is 0.410 e. The number of carboxylic acid groups (broad SMARTS) is 1. The number of benzene rings is 6. The van der Waals surface area contributed by atoms with Crippen molar-refractivity contribution in [2.24, 2.45) is 0 Å². The summed E-state index contributed by atoms with van der Waals surface area (Å²) >= 11 is 3.42. The lowest BCUT2D eigenvalue weighted by Crippen LogP contribution is -2.48. The van der Waals surface area contributed by atoms with Gasteiger partial charge in [0.15, 0.2) is 0 Å². The number of carboxylic acids is 1. The van der Waals surface area contributed by atoms with Crippen LogP contribution in [0.25, 0.3) is 0 Å². The van der Waals surface area contributed by atoms with Crippen molar-refractivity contribution >= 4 is 59.0 Å². The first-order valence-corrected chi connectivity index (χ1v) is 25.6. The monoisotopic (exact) mass is 1030 g/mol. The van der Waals surface area contributed by atoms with Crippen LogP contribution in [0.15, 0.2) is 168 Å². The summed E-state index contributed by atoms with van der Waals surface area (Å²) in [5.41, 5.74) is 10.0. The van der Waals surface area contributed by atoms with E-state index in [1.807, 2.05) is 115 Å². The summed E-state index contributed by atoms with van der Waals surface area (Å²) in [4.78, 5) is 54.1. The lowest BCUT2D eigenvalue weighted by atomic mass is 10.0. The molecule has 0 aliphatic carbocycles. The molecular weight excluding hydrogens is 961 g/mol. The van der Waals surface area contributed by atoms with E-state index >= 15 is 0 Å². The molecule has 0 fully saturated rings. The summed E-state index contributed by atoms with van der Waals surface area (Å²) < 4.78 is 21.6. The zero-order valence-corrected chi connectivity index (χ0v) is 45.1. The number of nitrogens with one attached hydrogen (secondary N) is 1. The van der Waals surface area contributed by atoms with Gasteiger partial charge in [0, 0.05) is 71.7 Å². The van der Waals surface area contributed by atoms with Crippen LogP contribution in [0.2, 0.25) is 0 Å². The molecular formula is C58H70N4O9S2. The number of aliphatic carboxylic acids is 1. The van der Waals surface area contributed by atoms with E-state index in [-0.39, 0.29) is 12.3 Å². The zero-order chi connectivity index (χ0) is 53.6. The number of carbonyl (C=O) groups is 4. The van der Waals surface area contributed by atoms with E-state index in [9.17, 15) is 24.3 Å². The van der Waals surface area contributed by atoms with Crippen molar-refractivity contribution in [1.82, 2.24) is 9.80 Å². The number of likely N-dealkylation sites (N-methyl/N-ethyl adjacent to an activating group) is 2. The highest BCUT2D eigenvalue weighted by atomic mass is 32.2. The first-order valence-electron chi connectivity index (χ1n) is 23.6. The lowest BCUT2D eigenvalue weighted by molar-refractivity contribution is -0.142. The van der Waals surface area contributed by atoms with Gasteiger partial charge in [-0.25, -0.2) is 14.4 Å². The summed E-state index contributed by atoms with van der Waals surface area (Å²) in [6.07, 6.45) is -0.596. The molecule has 6 rings (SSSR count). The van der Waals surface area contributed by atoms with Crippen molar-refractivity contribution in [3.8, 4) is 11.5 Å². The minimum absolute atomic E-state index is 0.242. The largest absolute Gasteiger partial charge is 0.496 e. The fourth-order valence-corrected chi connectivity index (χ4v) is 8.68. The van der Waals surface area contributed by atoms with E-state index in [1.54, 1.807) is 92.4 Å². The van der Waals surface area contributed by atoms with Gasteiger partial charge >= 0.3 is 18.2 Å². The van der Waals surface area contributed by atoms with Gasteiger partial charge in [-0.1, -0.05) is 121 Å². The molecule has 0 aliphatic heterocycles. The van der Waals surface area contributed by atoms with Crippen molar-refractivity contribution < 1.29 is 43.2 Å². The Bertz CT molecular complexity index is 2650. The van der Waals surface area contributed by atoms with Crippen LogP contribution in [0.5, 0.6) is 11.5 Å². The Kier molecular flexibility index (Phi) is 23.1. The quantitative estimate of drug-likeness (QED) is 0.0584. The minimum Gasteiger partial charge on any atom is -0.496 e. The highest BCUT2D eigenvalue weighted by Crippen LogP contribution is 2.35. The molecule has 0 aromatic heterocycles. The second kappa shape index (κ2) is 28.8. The van der Waals surface area contributed by atoms with Gasteiger partial charge in [-0.05, 0) is 88.1 Å². The van der Waals surface area contributed by atoms with Crippen LogP contribution in [-0.2, 0) is 43.4 Å². The summed E-state index contributed by atoms with van der Waals surface area (Å²) in [7, 11) is 6.31. The van der Waals surface area contributed by atoms with E-state index in [4.69, 9.17) is 24.7 Å². The van der Waals surface area contributed by atoms with Crippen LogP contribution in [0, 0.1) is 0 Å². The maximum absolute atomic E-state index is 13.4. The summed E-state index contributed by atoms with van der Waals surface area (Å²) in [6, 6.07) is 49.0. The van der Waals surface area contributed by atoms with Gasteiger partial charge in [0.2, 0.25) is 5.91 Å². The van der Waals surface area contributed by atoms with Crippen molar-refractivity contribution in [3.63, 3.8) is 0 Å². The molecule has 0 saturated carbocycles. The van der Waals surface area contributed by atoms with Crippen LogP contribution in [0.4, 0.5) is 21.0 Å². The molecule has 2 atom stereocenters. The van der Waals surface area contributed by atoms with Gasteiger partial charge in [-0.3, -0.25) is 14.6 Å². The minimum atomic E-state index is -1.05. The number of methoxy groups -OCH3 is 2. The van der Waals surface area contributed by atoms with Crippen molar-refractivity contribution in [2.45, 2.75) is 99.0 Å². The predicted octanol–water partition coefficient (Wildman–Crippen LogP) is 12.5. The number of anilines is 2. The summed E-state index contributed by atoms with van der Waals surface area (Å²) in [5, 5.41) is 12.3. The Hall–Kier alpha value is -7.10. The van der Waals surface area contributed by atoms with Crippen molar-refractivity contribution in [2.75, 3.05) is 39.4 Å². The van der Waals surface area contributed by atoms with Crippen LogP contribution < -0.4 is 20.5 Å². The Morgan fingerprint density at radius 2 is 0.918 bits per heavy atom. The standard InChI is InChI=1S/C29H34N2O4S.C15H21NO4.C14H15NOS/c1-29(2,3)35-28(33)31(4)24(18-21-12-8-6-9-13-21)27(32)30-23-16-17-26(25(19-23)34-5)36-20-22-14-10-7-11-15-22;1-15(2,3)20-14(19)16(4)12(13(17)18)10-11-8-6-5-7-9-11;1-16-13-9-12(15)7-8-14(13)17-10-11-5-3-2-4-6-11/h6-17,19,24H,18,20H2,1-5H3,(H,30,32);5-9,12H,10H2,1-4H3,(H,17,18);2-9H,10,15H2,1H3/t24-;12-;/m00./s1. The molecule has 0 aliphatic rings. The Balaban J connectivity index is 0.000000262. The van der Waals surface area contributed by atoms with Crippen LogP contribution >= 0.6 is 23.5 Å². The molecule has 6 aromatic rings. The molecule has 0 saturated heterocycles. The van der Waals surface area contributed by atoms with E-state index in [2.05, 4.69) is 41.7 Å². The molecule has 6 aromatic carbocycles. The second-order valence-electron chi connectivity index (χ2n) is 18.7. The number of nitrogen functional groups attached to an aromatic ring is 1. The van der Waals surface area contributed by atoms with E-state index < -0.39 is 41.4 Å². The fourth-order valence-electron chi connectivity index (χ4n) is 6.76. The normalized spacial score (nSPS) is 11.7.